The first kappa shape index (κ1) is 14.5. The van der Waals surface area contributed by atoms with Crippen LogP contribution in [0.15, 0.2) is 40.9 Å². The van der Waals surface area contributed by atoms with Gasteiger partial charge in [0.25, 0.3) is 0 Å². The number of rotatable bonds is 5. The molecule has 2 rings (SSSR count). The van der Waals surface area contributed by atoms with Crippen molar-refractivity contribution in [3.63, 3.8) is 0 Å². The summed E-state index contributed by atoms with van der Waals surface area (Å²) >= 11 is 3.39. The molecule has 0 aliphatic rings. The maximum atomic E-state index is 11.8. The average molecular weight is 334 g/mol. The van der Waals surface area contributed by atoms with Gasteiger partial charge in [-0.1, -0.05) is 41.4 Å². The molecule has 0 saturated carbocycles. The first-order valence-electron chi connectivity index (χ1n) is 6.46. The van der Waals surface area contributed by atoms with Gasteiger partial charge in [-0.15, -0.1) is 0 Å². The number of anilines is 1. The van der Waals surface area contributed by atoms with Crippen LogP contribution in [-0.2, 0) is 11.2 Å². The number of carbonyl (C=O) groups excluding carboxylic acids is 1. The monoisotopic (exact) mass is 333 g/mol. The number of aromatic amines is 1. The van der Waals surface area contributed by atoms with E-state index in [1.807, 2.05) is 30.3 Å². The van der Waals surface area contributed by atoms with Crippen LogP contribution < -0.4 is 5.32 Å². The normalized spacial score (nSPS) is 10.9. The van der Waals surface area contributed by atoms with Crippen LogP contribution in [0, 0.1) is 0 Å². The number of hydrogen-bond donors (Lipinski definition) is 2. The van der Waals surface area contributed by atoms with Gasteiger partial charge in [0.1, 0.15) is 0 Å². The van der Waals surface area contributed by atoms with Crippen LogP contribution in [0.3, 0.4) is 0 Å². The second kappa shape index (κ2) is 7.05. The second-order valence-corrected chi connectivity index (χ2v) is 5.32. The lowest BCUT2D eigenvalue weighted by atomic mass is 10.2. The van der Waals surface area contributed by atoms with Gasteiger partial charge >= 0.3 is 0 Å². The highest BCUT2D eigenvalue weighted by molar-refractivity contribution is 9.10. The minimum atomic E-state index is -0.195. The quantitative estimate of drug-likeness (QED) is 0.818. The van der Waals surface area contributed by atoms with Crippen molar-refractivity contribution in [2.24, 2.45) is 0 Å². The van der Waals surface area contributed by atoms with Crippen molar-refractivity contribution in [1.82, 2.24) is 10.2 Å². The van der Waals surface area contributed by atoms with E-state index in [0.29, 0.717) is 5.82 Å². The van der Waals surface area contributed by atoms with Crippen molar-refractivity contribution >= 4 is 33.7 Å². The molecule has 4 nitrogen and oxygen atoms in total. The molecule has 0 atom stereocenters. The number of H-pyrrole nitrogens is 1. The standard InChI is InChI=1S/C15H16BrN3O/c1-2-4-13-10-14(19-18-13)17-15(20)8-7-11-5-3-6-12(16)9-11/h3,5-10H,2,4H2,1H3,(H2,17,18,19,20)/b8-7+. The predicted octanol–water partition coefficient (Wildman–Crippen LogP) is 3.78. The highest BCUT2D eigenvalue weighted by Crippen LogP contribution is 2.13. The van der Waals surface area contributed by atoms with Crippen molar-refractivity contribution in [3.8, 4) is 0 Å². The van der Waals surface area contributed by atoms with Gasteiger partial charge in [0.05, 0.1) is 0 Å². The lowest BCUT2D eigenvalue weighted by Gasteiger charge is -1.96. The molecule has 0 fully saturated rings. The number of aromatic nitrogens is 2. The van der Waals surface area contributed by atoms with E-state index < -0.39 is 0 Å². The summed E-state index contributed by atoms with van der Waals surface area (Å²) in [4.78, 5) is 11.8. The third-order valence-corrected chi connectivity index (χ3v) is 3.17. The van der Waals surface area contributed by atoms with E-state index in [0.717, 1.165) is 28.6 Å². The Balaban J connectivity index is 1.94. The highest BCUT2D eigenvalue weighted by atomic mass is 79.9. The minimum absolute atomic E-state index is 0.195. The number of nitrogens with zero attached hydrogens (tertiary/aromatic N) is 1. The second-order valence-electron chi connectivity index (χ2n) is 4.41. The SMILES string of the molecule is CCCc1cc(NC(=O)/C=C/c2cccc(Br)c2)n[nH]1. The van der Waals surface area contributed by atoms with E-state index >= 15 is 0 Å². The van der Waals surface area contributed by atoms with Gasteiger partial charge < -0.3 is 5.32 Å². The van der Waals surface area contributed by atoms with Gasteiger partial charge in [-0.05, 0) is 30.2 Å². The molecule has 104 valence electrons. The van der Waals surface area contributed by atoms with E-state index in [9.17, 15) is 4.79 Å². The molecule has 0 spiro atoms. The summed E-state index contributed by atoms with van der Waals surface area (Å²) in [6, 6.07) is 9.59. The molecule has 0 aliphatic carbocycles. The Labute approximate surface area is 126 Å². The molecule has 0 aliphatic heterocycles. The Morgan fingerprint density at radius 1 is 1.45 bits per heavy atom. The van der Waals surface area contributed by atoms with Crippen molar-refractivity contribution < 1.29 is 4.79 Å². The number of nitrogens with one attached hydrogen (secondary N) is 2. The van der Waals surface area contributed by atoms with Gasteiger partial charge in [-0.25, -0.2) is 0 Å². The fourth-order valence-electron chi connectivity index (χ4n) is 1.77. The Morgan fingerprint density at radius 2 is 2.30 bits per heavy atom. The zero-order chi connectivity index (χ0) is 14.4. The average Bonchev–Trinajstić information content (AvgIpc) is 2.84. The third-order valence-electron chi connectivity index (χ3n) is 2.68. The van der Waals surface area contributed by atoms with E-state index in [1.165, 1.54) is 6.08 Å². The summed E-state index contributed by atoms with van der Waals surface area (Å²) in [5.74, 6) is 0.358. The van der Waals surface area contributed by atoms with Crippen LogP contribution >= 0.6 is 15.9 Å². The van der Waals surface area contributed by atoms with E-state index in [4.69, 9.17) is 0 Å². The molecule has 1 heterocycles. The van der Waals surface area contributed by atoms with Crippen LogP contribution in [0.2, 0.25) is 0 Å². The van der Waals surface area contributed by atoms with Crippen LogP contribution in [0.4, 0.5) is 5.82 Å². The molecule has 2 aromatic rings. The Morgan fingerprint density at radius 3 is 3.05 bits per heavy atom. The molecule has 0 saturated heterocycles. The molecule has 1 aromatic carbocycles. The van der Waals surface area contributed by atoms with Crippen LogP contribution in [0.5, 0.6) is 0 Å². The summed E-state index contributed by atoms with van der Waals surface area (Å²) in [6.45, 7) is 2.10. The summed E-state index contributed by atoms with van der Waals surface area (Å²) in [5, 5.41) is 9.67. The molecule has 0 unspecified atom stereocenters. The zero-order valence-corrected chi connectivity index (χ0v) is 12.8. The number of halogens is 1. The highest BCUT2D eigenvalue weighted by Gasteiger charge is 2.02. The summed E-state index contributed by atoms with van der Waals surface area (Å²) in [7, 11) is 0. The molecular formula is C15H16BrN3O. The number of carbonyl (C=O) groups is 1. The Bertz CT molecular complexity index is 619. The molecule has 20 heavy (non-hydrogen) atoms. The van der Waals surface area contributed by atoms with Gasteiger partial charge in [-0.3, -0.25) is 9.89 Å². The van der Waals surface area contributed by atoms with Crippen LogP contribution in [-0.4, -0.2) is 16.1 Å². The van der Waals surface area contributed by atoms with Crippen molar-refractivity contribution in [3.05, 3.63) is 52.1 Å². The van der Waals surface area contributed by atoms with Gasteiger partial charge in [0.15, 0.2) is 5.82 Å². The van der Waals surface area contributed by atoms with Gasteiger partial charge in [0, 0.05) is 22.3 Å². The maximum Gasteiger partial charge on any atom is 0.249 e. The van der Waals surface area contributed by atoms with Crippen LogP contribution in [0.1, 0.15) is 24.6 Å². The Hall–Kier alpha value is -1.88. The summed E-state index contributed by atoms with van der Waals surface area (Å²) in [5.41, 5.74) is 1.99. The lowest BCUT2D eigenvalue weighted by Crippen LogP contribution is -2.07. The molecule has 2 N–H and O–H groups in total. The molecule has 0 radical (unpaired) electrons. The summed E-state index contributed by atoms with van der Waals surface area (Å²) in [6.07, 6.45) is 5.23. The Kier molecular flexibility index (Phi) is 5.12. The molecule has 5 heteroatoms. The zero-order valence-electron chi connectivity index (χ0n) is 11.2. The molecule has 1 aromatic heterocycles. The third kappa shape index (κ3) is 4.35. The largest absolute Gasteiger partial charge is 0.306 e. The fourth-order valence-corrected chi connectivity index (χ4v) is 2.19. The molecule has 1 amide bonds. The number of hydrogen-bond acceptors (Lipinski definition) is 2. The minimum Gasteiger partial charge on any atom is -0.306 e. The lowest BCUT2D eigenvalue weighted by molar-refractivity contribution is -0.111. The van der Waals surface area contributed by atoms with E-state index in [2.05, 4.69) is 38.4 Å². The molecular weight excluding hydrogens is 318 g/mol. The fraction of sp³-hybridized carbons (Fsp3) is 0.200. The van der Waals surface area contributed by atoms with E-state index in [1.54, 1.807) is 6.08 Å². The van der Waals surface area contributed by atoms with Crippen molar-refractivity contribution in [1.29, 1.82) is 0 Å². The van der Waals surface area contributed by atoms with Crippen LogP contribution in [0.25, 0.3) is 6.08 Å². The summed E-state index contributed by atoms with van der Waals surface area (Å²) < 4.78 is 0.983. The first-order chi connectivity index (χ1) is 9.67. The van der Waals surface area contributed by atoms with Crippen molar-refractivity contribution in [2.45, 2.75) is 19.8 Å². The maximum absolute atomic E-state index is 11.8. The van der Waals surface area contributed by atoms with Gasteiger partial charge in [0.2, 0.25) is 5.91 Å². The first-order valence-corrected chi connectivity index (χ1v) is 7.25. The topological polar surface area (TPSA) is 57.8 Å². The van der Waals surface area contributed by atoms with E-state index in [-0.39, 0.29) is 5.91 Å². The number of benzene rings is 1. The smallest absolute Gasteiger partial charge is 0.249 e. The predicted molar refractivity (Wildman–Crippen MR) is 84.4 cm³/mol. The van der Waals surface area contributed by atoms with Crippen molar-refractivity contribution in [2.75, 3.05) is 5.32 Å². The number of aryl methyl sites for hydroxylation is 1. The number of amides is 1. The van der Waals surface area contributed by atoms with Gasteiger partial charge in [-0.2, -0.15) is 5.10 Å². The molecule has 0 bridgehead atoms.